The second-order valence-corrected chi connectivity index (χ2v) is 2.92. The Hall–Kier alpha value is -1.65. The SMILES string of the molecule is C=CC(=O)Nc1noc(C2CC2)n1. The summed E-state index contributed by atoms with van der Waals surface area (Å²) >= 11 is 0. The lowest BCUT2D eigenvalue weighted by Crippen LogP contribution is -2.08. The number of carbonyl (C=O) groups excluding carboxylic acids is 1. The van der Waals surface area contributed by atoms with Gasteiger partial charge >= 0.3 is 0 Å². The van der Waals surface area contributed by atoms with Crippen molar-refractivity contribution in [2.24, 2.45) is 0 Å². The van der Waals surface area contributed by atoms with Crippen molar-refractivity contribution in [1.29, 1.82) is 0 Å². The van der Waals surface area contributed by atoms with E-state index in [9.17, 15) is 4.79 Å². The number of hydrogen-bond donors (Lipinski definition) is 1. The normalized spacial score (nSPS) is 15.4. The highest BCUT2D eigenvalue weighted by atomic mass is 16.5. The van der Waals surface area contributed by atoms with Gasteiger partial charge in [0.2, 0.25) is 11.8 Å². The van der Waals surface area contributed by atoms with Gasteiger partial charge in [0.05, 0.1) is 0 Å². The Bertz CT molecular complexity index is 341. The number of hydrogen-bond acceptors (Lipinski definition) is 4. The van der Waals surface area contributed by atoms with E-state index in [0.29, 0.717) is 11.8 Å². The van der Waals surface area contributed by atoms with Crippen molar-refractivity contribution in [2.75, 3.05) is 5.32 Å². The minimum atomic E-state index is -0.330. The quantitative estimate of drug-likeness (QED) is 0.705. The van der Waals surface area contributed by atoms with Crippen LogP contribution in [0.25, 0.3) is 0 Å². The van der Waals surface area contributed by atoms with Gasteiger partial charge in [0, 0.05) is 5.92 Å². The molecule has 5 heteroatoms. The second kappa shape index (κ2) is 3.01. The summed E-state index contributed by atoms with van der Waals surface area (Å²) < 4.78 is 4.92. The molecule has 0 unspecified atom stereocenters. The zero-order valence-electron chi connectivity index (χ0n) is 6.99. The molecule has 0 radical (unpaired) electrons. The molecule has 1 aromatic heterocycles. The molecule has 0 aromatic carbocycles. The molecule has 1 aliphatic carbocycles. The van der Waals surface area contributed by atoms with Crippen LogP contribution in [0.15, 0.2) is 17.2 Å². The number of rotatable bonds is 3. The summed E-state index contributed by atoms with van der Waals surface area (Å²) in [5.74, 6) is 0.899. The number of amides is 1. The van der Waals surface area contributed by atoms with Gasteiger partial charge < -0.3 is 4.52 Å². The van der Waals surface area contributed by atoms with Crippen molar-refractivity contribution in [3.63, 3.8) is 0 Å². The van der Waals surface area contributed by atoms with Crippen LogP contribution < -0.4 is 5.32 Å². The van der Waals surface area contributed by atoms with E-state index < -0.39 is 0 Å². The Labute approximate surface area is 74.8 Å². The predicted molar refractivity (Wildman–Crippen MR) is 45.1 cm³/mol. The van der Waals surface area contributed by atoms with Gasteiger partial charge in [0.25, 0.3) is 5.95 Å². The standard InChI is InChI=1S/C8H9N3O2/c1-2-6(12)9-8-10-7(13-11-8)5-3-4-5/h2,5H,1,3-4H2,(H,9,11,12). The molecule has 1 fully saturated rings. The van der Waals surface area contributed by atoms with E-state index in [1.165, 1.54) is 0 Å². The van der Waals surface area contributed by atoms with Crippen LogP contribution in [0, 0.1) is 0 Å². The largest absolute Gasteiger partial charge is 0.337 e. The van der Waals surface area contributed by atoms with Crippen LogP contribution in [-0.4, -0.2) is 16.0 Å². The highest BCUT2D eigenvalue weighted by Crippen LogP contribution is 2.39. The van der Waals surface area contributed by atoms with E-state index in [1.54, 1.807) is 0 Å². The molecule has 0 atom stereocenters. The molecule has 0 spiro atoms. The first kappa shape index (κ1) is 7.97. The van der Waals surface area contributed by atoms with Gasteiger partial charge in [-0.05, 0) is 24.1 Å². The van der Waals surface area contributed by atoms with Gasteiger partial charge in [-0.1, -0.05) is 6.58 Å². The van der Waals surface area contributed by atoms with Crippen LogP contribution in [0.2, 0.25) is 0 Å². The second-order valence-electron chi connectivity index (χ2n) is 2.92. The van der Waals surface area contributed by atoms with Crippen molar-refractivity contribution >= 4 is 11.9 Å². The molecule has 0 saturated heterocycles. The predicted octanol–water partition coefficient (Wildman–Crippen LogP) is 1.07. The molecule has 1 N–H and O–H groups in total. The van der Waals surface area contributed by atoms with Crippen LogP contribution in [0.4, 0.5) is 5.95 Å². The summed E-state index contributed by atoms with van der Waals surface area (Å²) in [6.07, 6.45) is 3.35. The van der Waals surface area contributed by atoms with E-state index in [4.69, 9.17) is 4.52 Å². The number of anilines is 1. The fourth-order valence-corrected chi connectivity index (χ4v) is 0.943. The molecule has 0 aliphatic heterocycles. The fraction of sp³-hybridized carbons (Fsp3) is 0.375. The molecule has 1 heterocycles. The number of aromatic nitrogens is 2. The van der Waals surface area contributed by atoms with Crippen LogP contribution >= 0.6 is 0 Å². The molecule has 1 amide bonds. The van der Waals surface area contributed by atoms with Gasteiger partial charge in [-0.25, -0.2) is 0 Å². The Kier molecular flexibility index (Phi) is 1.84. The lowest BCUT2D eigenvalue weighted by Gasteiger charge is -1.90. The minimum absolute atomic E-state index is 0.215. The first-order chi connectivity index (χ1) is 6.29. The van der Waals surface area contributed by atoms with Gasteiger partial charge in [-0.3, -0.25) is 10.1 Å². The summed E-state index contributed by atoms with van der Waals surface area (Å²) in [6, 6.07) is 0. The van der Waals surface area contributed by atoms with E-state index in [-0.39, 0.29) is 11.9 Å². The van der Waals surface area contributed by atoms with E-state index >= 15 is 0 Å². The van der Waals surface area contributed by atoms with Gasteiger partial charge in [-0.2, -0.15) is 4.98 Å². The van der Waals surface area contributed by atoms with Crippen LogP contribution in [0.1, 0.15) is 24.7 Å². The lowest BCUT2D eigenvalue weighted by atomic mass is 10.4. The third-order valence-corrected chi connectivity index (χ3v) is 1.79. The Balaban J connectivity index is 2.04. The summed E-state index contributed by atoms with van der Waals surface area (Å²) in [6.45, 7) is 3.31. The molecule has 2 rings (SSSR count). The van der Waals surface area contributed by atoms with Crippen molar-refractivity contribution in [1.82, 2.24) is 10.1 Å². The van der Waals surface area contributed by atoms with Crippen LogP contribution in [-0.2, 0) is 4.79 Å². The van der Waals surface area contributed by atoms with Crippen LogP contribution in [0.3, 0.4) is 0 Å². The van der Waals surface area contributed by atoms with Crippen molar-refractivity contribution in [3.05, 3.63) is 18.5 Å². The maximum atomic E-state index is 10.8. The molecule has 5 nitrogen and oxygen atoms in total. The van der Waals surface area contributed by atoms with E-state index in [1.807, 2.05) is 0 Å². The molecule has 1 saturated carbocycles. The average molecular weight is 179 g/mol. The average Bonchev–Trinajstić information content (AvgIpc) is 2.88. The van der Waals surface area contributed by atoms with Crippen molar-refractivity contribution in [3.8, 4) is 0 Å². The fourth-order valence-electron chi connectivity index (χ4n) is 0.943. The maximum Gasteiger partial charge on any atom is 0.270 e. The molecule has 1 aliphatic rings. The van der Waals surface area contributed by atoms with Crippen molar-refractivity contribution in [2.45, 2.75) is 18.8 Å². The molecule has 0 bridgehead atoms. The lowest BCUT2D eigenvalue weighted by molar-refractivity contribution is -0.111. The number of nitrogens with one attached hydrogen (secondary N) is 1. The van der Waals surface area contributed by atoms with Gasteiger partial charge in [0.15, 0.2) is 0 Å². The third-order valence-electron chi connectivity index (χ3n) is 1.79. The smallest absolute Gasteiger partial charge is 0.270 e. The van der Waals surface area contributed by atoms with Crippen molar-refractivity contribution < 1.29 is 9.32 Å². The number of nitrogens with zero attached hydrogens (tertiary/aromatic N) is 2. The molecule has 1 aromatic rings. The molecular formula is C8H9N3O2. The summed E-state index contributed by atoms with van der Waals surface area (Å²) in [4.78, 5) is 14.8. The highest BCUT2D eigenvalue weighted by molar-refractivity contribution is 5.97. The van der Waals surface area contributed by atoms with E-state index in [0.717, 1.165) is 18.9 Å². The first-order valence-electron chi connectivity index (χ1n) is 4.06. The van der Waals surface area contributed by atoms with Crippen LogP contribution in [0.5, 0.6) is 0 Å². The Morgan fingerprint density at radius 2 is 2.46 bits per heavy atom. The van der Waals surface area contributed by atoms with E-state index in [2.05, 4.69) is 22.0 Å². The van der Waals surface area contributed by atoms with Gasteiger partial charge in [0.1, 0.15) is 0 Å². The first-order valence-corrected chi connectivity index (χ1v) is 4.06. The molecule has 68 valence electrons. The monoisotopic (exact) mass is 179 g/mol. The third kappa shape index (κ3) is 1.74. The Morgan fingerprint density at radius 3 is 3.08 bits per heavy atom. The molecular weight excluding hydrogens is 170 g/mol. The maximum absolute atomic E-state index is 10.8. The Morgan fingerprint density at radius 1 is 1.69 bits per heavy atom. The zero-order valence-corrected chi connectivity index (χ0v) is 6.99. The summed E-state index contributed by atoms with van der Waals surface area (Å²) in [7, 11) is 0. The summed E-state index contributed by atoms with van der Waals surface area (Å²) in [5, 5.41) is 6.02. The zero-order chi connectivity index (χ0) is 9.26. The highest BCUT2D eigenvalue weighted by Gasteiger charge is 2.29. The van der Waals surface area contributed by atoms with Gasteiger partial charge in [-0.15, -0.1) is 0 Å². The number of carbonyl (C=O) groups is 1. The summed E-state index contributed by atoms with van der Waals surface area (Å²) in [5.41, 5.74) is 0. The molecule has 13 heavy (non-hydrogen) atoms. The topological polar surface area (TPSA) is 68.0 Å². The minimum Gasteiger partial charge on any atom is -0.337 e.